The summed E-state index contributed by atoms with van der Waals surface area (Å²) in [6.45, 7) is 7.51. The Morgan fingerprint density at radius 1 is 1.23 bits per heavy atom. The van der Waals surface area contributed by atoms with E-state index < -0.39 is 0 Å². The molecule has 0 bridgehead atoms. The molecular weight excluding hydrogens is 276 g/mol. The minimum atomic E-state index is 0.0937. The first kappa shape index (κ1) is 15.5. The molecule has 1 saturated heterocycles. The van der Waals surface area contributed by atoms with Gasteiger partial charge in [0.05, 0.1) is 12.2 Å². The molecule has 120 valence electrons. The average Bonchev–Trinajstić information content (AvgIpc) is 2.46. The molecule has 3 rings (SSSR count). The van der Waals surface area contributed by atoms with Crippen molar-refractivity contribution in [3.63, 3.8) is 0 Å². The Bertz CT molecular complexity index is 575. The fraction of sp³-hybridized carbons (Fsp3) is 0.611. The third-order valence-electron chi connectivity index (χ3n) is 4.83. The minimum absolute atomic E-state index is 0.0937. The van der Waals surface area contributed by atoms with Crippen molar-refractivity contribution in [2.45, 2.75) is 58.3 Å². The number of rotatable bonds is 1. The van der Waals surface area contributed by atoms with Gasteiger partial charge in [-0.2, -0.15) is 0 Å². The van der Waals surface area contributed by atoms with Gasteiger partial charge in [0, 0.05) is 24.7 Å². The number of hydrogen-bond donors (Lipinski definition) is 1. The molecule has 4 nitrogen and oxygen atoms in total. The van der Waals surface area contributed by atoms with Gasteiger partial charge in [0.1, 0.15) is 0 Å². The van der Waals surface area contributed by atoms with E-state index in [-0.39, 0.29) is 24.2 Å². The van der Waals surface area contributed by atoms with E-state index in [1.807, 2.05) is 24.8 Å². The average molecular weight is 302 g/mol. The minimum Gasteiger partial charge on any atom is -0.372 e. The smallest absolute Gasteiger partial charge is 0.254 e. The van der Waals surface area contributed by atoms with Crippen LogP contribution in [0.1, 0.15) is 47.3 Å². The van der Waals surface area contributed by atoms with Crippen LogP contribution in [0.25, 0.3) is 0 Å². The van der Waals surface area contributed by atoms with Gasteiger partial charge in [-0.3, -0.25) is 4.79 Å². The van der Waals surface area contributed by atoms with Crippen LogP contribution >= 0.6 is 0 Å². The molecule has 1 aromatic carbocycles. The summed E-state index contributed by atoms with van der Waals surface area (Å²) in [5.41, 5.74) is 10.8. The molecule has 0 radical (unpaired) electrons. The third kappa shape index (κ3) is 2.90. The number of aryl methyl sites for hydroxylation is 1. The fourth-order valence-corrected chi connectivity index (χ4v) is 3.80. The van der Waals surface area contributed by atoms with Gasteiger partial charge in [-0.1, -0.05) is 6.07 Å². The zero-order chi connectivity index (χ0) is 15.9. The normalized spacial score (nSPS) is 28.4. The highest BCUT2D eigenvalue weighted by atomic mass is 16.5. The standard InChI is InChI=1S/C18H26N2O2/c1-11-4-6-16(17-8-14(19)5-7-15(11)17)18(21)20-9-12(2)22-13(3)10-20/h4,6,12-14H,5,7-10,19H2,1-3H3/t12?,13?,14-/m1/s1. The van der Waals surface area contributed by atoms with Crippen molar-refractivity contribution in [2.24, 2.45) is 5.73 Å². The molecule has 1 aliphatic heterocycles. The van der Waals surface area contributed by atoms with Gasteiger partial charge in [-0.05, 0) is 62.8 Å². The number of fused-ring (bicyclic) bond motifs is 1. The molecule has 2 aliphatic rings. The van der Waals surface area contributed by atoms with Crippen LogP contribution in [-0.4, -0.2) is 42.1 Å². The van der Waals surface area contributed by atoms with Gasteiger partial charge < -0.3 is 15.4 Å². The molecule has 2 unspecified atom stereocenters. The highest BCUT2D eigenvalue weighted by Gasteiger charge is 2.30. The maximum absolute atomic E-state index is 13.0. The molecule has 2 N–H and O–H groups in total. The topological polar surface area (TPSA) is 55.6 Å². The Kier molecular flexibility index (Phi) is 4.24. The van der Waals surface area contributed by atoms with Crippen LogP contribution < -0.4 is 5.73 Å². The number of ether oxygens (including phenoxy) is 1. The highest BCUT2D eigenvalue weighted by molar-refractivity contribution is 5.96. The van der Waals surface area contributed by atoms with E-state index in [0.29, 0.717) is 13.1 Å². The van der Waals surface area contributed by atoms with Gasteiger partial charge in [0.15, 0.2) is 0 Å². The number of carbonyl (C=O) groups is 1. The van der Waals surface area contributed by atoms with Crippen LogP contribution in [0, 0.1) is 6.92 Å². The summed E-state index contributed by atoms with van der Waals surface area (Å²) in [7, 11) is 0. The molecule has 4 heteroatoms. The molecule has 1 aliphatic carbocycles. The summed E-state index contributed by atoms with van der Waals surface area (Å²) in [5, 5.41) is 0. The first-order valence-electron chi connectivity index (χ1n) is 8.27. The molecule has 1 aromatic rings. The zero-order valence-corrected chi connectivity index (χ0v) is 13.8. The maximum atomic E-state index is 13.0. The molecule has 0 saturated carbocycles. The van der Waals surface area contributed by atoms with Crippen LogP contribution in [0.5, 0.6) is 0 Å². The predicted octanol–water partition coefficient (Wildman–Crippen LogP) is 2.06. The van der Waals surface area contributed by atoms with Crippen LogP contribution in [0.4, 0.5) is 0 Å². The van der Waals surface area contributed by atoms with E-state index in [9.17, 15) is 4.79 Å². The number of hydrogen-bond acceptors (Lipinski definition) is 3. The lowest BCUT2D eigenvalue weighted by atomic mass is 9.83. The Morgan fingerprint density at radius 2 is 1.91 bits per heavy atom. The second-order valence-corrected chi connectivity index (χ2v) is 6.86. The van der Waals surface area contributed by atoms with Gasteiger partial charge in [0.25, 0.3) is 5.91 Å². The Hall–Kier alpha value is -1.39. The summed E-state index contributed by atoms with van der Waals surface area (Å²) < 4.78 is 5.74. The van der Waals surface area contributed by atoms with Crippen molar-refractivity contribution < 1.29 is 9.53 Å². The summed E-state index contributed by atoms with van der Waals surface area (Å²) >= 11 is 0. The Labute approximate surface area is 132 Å². The van der Waals surface area contributed by atoms with Crippen LogP contribution in [-0.2, 0) is 17.6 Å². The van der Waals surface area contributed by atoms with Gasteiger partial charge >= 0.3 is 0 Å². The summed E-state index contributed by atoms with van der Waals surface area (Å²) in [6, 6.07) is 4.23. The molecule has 3 atom stereocenters. The van der Waals surface area contributed by atoms with E-state index in [0.717, 1.165) is 24.8 Å². The summed E-state index contributed by atoms with van der Waals surface area (Å²) in [6.07, 6.45) is 3.00. The zero-order valence-electron chi connectivity index (χ0n) is 13.8. The fourth-order valence-electron chi connectivity index (χ4n) is 3.80. The number of nitrogens with two attached hydrogens (primary N) is 1. The van der Waals surface area contributed by atoms with Crippen LogP contribution in [0.15, 0.2) is 12.1 Å². The monoisotopic (exact) mass is 302 g/mol. The second kappa shape index (κ2) is 6.01. The van der Waals surface area contributed by atoms with Crippen molar-refractivity contribution in [1.82, 2.24) is 4.90 Å². The molecule has 0 spiro atoms. The highest BCUT2D eigenvalue weighted by Crippen LogP contribution is 2.28. The van der Waals surface area contributed by atoms with Crippen molar-refractivity contribution in [2.75, 3.05) is 13.1 Å². The van der Waals surface area contributed by atoms with E-state index in [1.165, 1.54) is 16.7 Å². The van der Waals surface area contributed by atoms with E-state index in [2.05, 4.69) is 13.0 Å². The molecule has 0 aromatic heterocycles. The molecular formula is C18H26N2O2. The van der Waals surface area contributed by atoms with Crippen molar-refractivity contribution in [1.29, 1.82) is 0 Å². The maximum Gasteiger partial charge on any atom is 0.254 e. The molecule has 1 fully saturated rings. The lowest BCUT2D eigenvalue weighted by molar-refractivity contribution is -0.0586. The van der Waals surface area contributed by atoms with E-state index in [4.69, 9.17) is 10.5 Å². The second-order valence-electron chi connectivity index (χ2n) is 6.86. The predicted molar refractivity (Wildman–Crippen MR) is 87.1 cm³/mol. The lowest BCUT2D eigenvalue weighted by Gasteiger charge is -2.36. The van der Waals surface area contributed by atoms with Crippen LogP contribution in [0.3, 0.4) is 0 Å². The SMILES string of the molecule is Cc1ccc(C(=O)N2CC(C)OC(C)C2)c2c1CC[C@@H](N)C2. The first-order chi connectivity index (χ1) is 10.5. The number of carbonyl (C=O) groups excluding carboxylic acids is 1. The summed E-state index contributed by atoms with van der Waals surface area (Å²) in [4.78, 5) is 14.9. The number of benzene rings is 1. The van der Waals surface area contributed by atoms with Gasteiger partial charge in [-0.25, -0.2) is 0 Å². The van der Waals surface area contributed by atoms with E-state index >= 15 is 0 Å². The van der Waals surface area contributed by atoms with Crippen LogP contribution in [0.2, 0.25) is 0 Å². The third-order valence-corrected chi connectivity index (χ3v) is 4.83. The van der Waals surface area contributed by atoms with Crippen molar-refractivity contribution in [3.05, 3.63) is 34.4 Å². The largest absolute Gasteiger partial charge is 0.372 e. The molecule has 1 amide bonds. The van der Waals surface area contributed by atoms with Gasteiger partial charge in [0.2, 0.25) is 0 Å². The Balaban J connectivity index is 1.93. The van der Waals surface area contributed by atoms with E-state index in [1.54, 1.807) is 0 Å². The number of amides is 1. The quantitative estimate of drug-likeness (QED) is 0.864. The summed E-state index contributed by atoms with van der Waals surface area (Å²) in [5.74, 6) is 0.132. The van der Waals surface area contributed by atoms with Crippen molar-refractivity contribution in [3.8, 4) is 0 Å². The lowest BCUT2D eigenvalue weighted by Crippen LogP contribution is -2.48. The number of nitrogens with zero attached hydrogens (tertiary/aromatic N) is 1. The first-order valence-corrected chi connectivity index (χ1v) is 8.27. The number of morpholine rings is 1. The van der Waals surface area contributed by atoms with Gasteiger partial charge in [-0.15, -0.1) is 0 Å². The molecule has 1 heterocycles. The van der Waals surface area contributed by atoms with Crippen molar-refractivity contribution >= 4 is 5.91 Å². The molecule has 22 heavy (non-hydrogen) atoms. The Morgan fingerprint density at radius 3 is 2.59 bits per heavy atom.